The standard InChI is InChI=1S/C14H14ClNO2/c1-10(12-5-3-2-4-6-12)18-14-13(15)7-11(9-17)8-16-14/h2-8,10,17H,9H2,1H3. The van der Waals surface area contributed by atoms with Crippen LogP contribution < -0.4 is 4.74 Å². The molecule has 1 aromatic heterocycles. The van der Waals surface area contributed by atoms with Crippen molar-refractivity contribution in [1.29, 1.82) is 0 Å². The van der Waals surface area contributed by atoms with Gasteiger partial charge in [0.1, 0.15) is 11.1 Å². The largest absolute Gasteiger partial charge is 0.469 e. The molecule has 0 spiro atoms. The van der Waals surface area contributed by atoms with Gasteiger partial charge in [0.05, 0.1) is 6.61 Å². The van der Waals surface area contributed by atoms with Crippen molar-refractivity contribution in [3.8, 4) is 5.88 Å². The highest BCUT2D eigenvalue weighted by Crippen LogP contribution is 2.27. The van der Waals surface area contributed by atoms with Gasteiger partial charge < -0.3 is 9.84 Å². The minimum absolute atomic E-state index is 0.0821. The van der Waals surface area contributed by atoms with Crippen molar-refractivity contribution >= 4 is 11.6 Å². The molecule has 0 saturated carbocycles. The molecule has 18 heavy (non-hydrogen) atoms. The number of benzene rings is 1. The first-order chi connectivity index (χ1) is 8.70. The van der Waals surface area contributed by atoms with Crippen LogP contribution >= 0.6 is 11.6 Å². The van der Waals surface area contributed by atoms with Crippen LogP contribution in [0.1, 0.15) is 24.2 Å². The number of aliphatic hydroxyl groups is 1. The Bertz CT molecular complexity index is 516. The zero-order valence-corrected chi connectivity index (χ0v) is 10.8. The second-order valence-electron chi connectivity index (χ2n) is 3.96. The number of hydrogen-bond donors (Lipinski definition) is 1. The maximum atomic E-state index is 8.97. The van der Waals surface area contributed by atoms with Crippen LogP contribution in [0.4, 0.5) is 0 Å². The van der Waals surface area contributed by atoms with Gasteiger partial charge in [0.2, 0.25) is 5.88 Å². The highest BCUT2D eigenvalue weighted by atomic mass is 35.5. The second-order valence-corrected chi connectivity index (χ2v) is 4.37. The van der Waals surface area contributed by atoms with Gasteiger partial charge in [-0.3, -0.25) is 0 Å². The normalized spacial score (nSPS) is 12.2. The molecule has 2 rings (SSSR count). The van der Waals surface area contributed by atoms with Crippen LogP contribution in [0.5, 0.6) is 5.88 Å². The van der Waals surface area contributed by atoms with Crippen molar-refractivity contribution in [3.63, 3.8) is 0 Å². The Kier molecular flexibility index (Phi) is 4.18. The van der Waals surface area contributed by atoms with E-state index in [1.165, 1.54) is 0 Å². The maximum Gasteiger partial charge on any atom is 0.233 e. The van der Waals surface area contributed by atoms with E-state index in [1.807, 2.05) is 37.3 Å². The number of pyridine rings is 1. The first-order valence-corrected chi connectivity index (χ1v) is 6.05. The molecule has 4 heteroatoms. The third kappa shape index (κ3) is 3.00. The van der Waals surface area contributed by atoms with Gasteiger partial charge in [-0.25, -0.2) is 4.98 Å². The molecule has 1 atom stereocenters. The first kappa shape index (κ1) is 12.9. The lowest BCUT2D eigenvalue weighted by atomic mass is 10.1. The summed E-state index contributed by atoms with van der Waals surface area (Å²) in [6.45, 7) is 1.86. The second kappa shape index (κ2) is 5.85. The Labute approximate surface area is 111 Å². The van der Waals surface area contributed by atoms with Gasteiger partial charge >= 0.3 is 0 Å². The summed E-state index contributed by atoms with van der Waals surface area (Å²) >= 11 is 6.04. The highest BCUT2D eigenvalue weighted by molar-refractivity contribution is 6.31. The molecule has 0 bridgehead atoms. The van der Waals surface area contributed by atoms with Crippen LogP contribution in [0.15, 0.2) is 42.6 Å². The van der Waals surface area contributed by atoms with Crippen LogP contribution in [0.3, 0.4) is 0 Å². The minimum Gasteiger partial charge on any atom is -0.469 e. The summed E-state index contributed by atoms with van der Waals surface area (Å²) < 4.78 is 5.71. The lowest BCUT2D eigenvalue weighted by molar-refractivity contribution is 0.217. The molecule has 0 radical (unpaired) electrons. The first-order valence-electron chi connectivity index (χ1n) is 5.67. The lowest BCUT2D eigenvalue weighted by Crippen LogP contribution is -2.04. The molecule has 94 valence electrons. The molecule has 2 aromatic rings. The van der Waals surface area contributed by atoms with Gasteiger partial charge in [-0.15, -0.1) is 0 Å². The fourth-order valence-corrected chi connectivity index (χ4v) is 1.83. The molecule has 1 N–H and O–H groups in total. The highest BCUT2D eigenvalue weighted by Gasteiger charge is 2.11. The number of aliphatic hydroxyl groups excluding tert-OH is 1. The van der Waals surface area contributed by atoms with E-state index in [1.54, 1.807) is 12.3 Å². The fourth-order valence-electron chi connectivity index (χ4n) is 1.60. The van der Waals surface area contributed by atoms with Gasteiger partial charge in [-0.05, 0) is 24.1 Å². The van der Waals surface area contributed by atoms with Gasteiger partial charge in [0.25, 0.3) is 0 Å². The minimum atomic E-state index is -0.129. The Morgan fingerprint density at radius 2 is 2.06 bits per heavy atom. The van der Waals surface area contributed by atoms with E-state index in [4.69, 9.17) is 21.4 Å². The molecule has 0 aliphatic heterocycles. The van der Waals surface area contributed by atoms with Gasteiger partial charge in [-0.2, -0.15) is 0 Å². The van der Waals surface area contributed by atoms with Crippen molar-refractivity contribution in [2.45, 2.75) is 19.6 Å². The summed E-state index contributed by atoms with van der Waals surface area (Å²) in [5.41, 5.74) is 1.72. The van der Waals surface area contributed by atoms with E-state index in [0.29, 0.717) is 16.5 Å². The summed E-state index contributed by atoms with van der Waals surface area (Å²) in [5, 5.41) is 9.38. The zero-order valence-electron chi connectivity index (χ0n) is 10.0. The molecular weight excluding hydrogens is 250 g/mol. The Morgan fingerprint density at radius 1 is 1.33 bits per heavy atom. The summed E-state index contributed by atoms with van der Waals surface area (Å²) in [6.07, 6.45) is 1.43. The topological polar surface area (TPSA) is 42.4 Å². The van der Waals surface area contributed by atoms with E-state index in [9.17, 15) is 0 Å². The average Bonchev–Trinajstić information content (AvgIpc) is 2.42. The van der Waals surface area contributed by atoms with Crippen LogP contribution in [0, 0.1) is 0 Å². The number of aromatic nitrogens is 1. The number of hydrogen-bond acceptors (Lipinski definition) is 3. The smallest absolute Gasteiger partial charge is 0.233 e. The fraction of sp³-hybridized carbons (Fsp3) is 0.214. The van der Waals surface area contributed by atoms with Crippen molar-refractivity contribution in [2.24, 2.45) is 0 Å². The molecule has 1 heterocycles. The summed E-state index contributed by atoms with van der Waals surface area (Å²) in [5.74, 6) is 0.380. The van der Waals surface area contributed by atoms with Crippen LogP contribution in [-0.2, 0) is 6.61 Å². The third-order valence-electron chi connectivity index (χ3n) is 2.60. The van der Waals surface area contributed by atoms with Crippen molar-refractivity contribution in [2.75, 3.05) is 0 Å². The van der Waals surface area contributed by atoms with E-state index in [2.05, 4.69) is 4.98 Å². The number of rotatable bonds is 4. The molecule has 0 saturated heterocycles. The Balaban J connectivity index is 2.14. The molecule has 0 amide bonds. The van der Waals surface area contributed by atoms with Crippen LogP contribution in [-0.4, -0.2) is 10.1 Å². The Morgan fingerprint density at radius 3 is 2.67 bits per heavy atom. The molecular formula is C14H14ClNO2. The predicted octanol–water partition coefficient (Wildman–Crippen LogP) is 3.37. The molecule has 1 aromatic carbocycles. The molecule has 0 aliphatic rings. The molecule has 1 unspecified atom stereocenters. The number of halogens is 1. The van der Waals surface area contributed by atoms with Crippen LogP contribution in [0.2, 0.25) is 5.02 Å². The maximum absolute atomic E-state index is 8.97. The molecule has 0 fully saturated rings. The van der Waals surface area contributed by atoms with E-state index in [0.717, 1.165) is 5.56 Å². The van der Waals surface area contributed by atoms with Crippen LogP contribution in [0.25, 0.3) is 0 Å². The van der Waals surface area contributed by atoms with Gasteiger partial charge in [-0.1, -0.05) is 41.9 Å². The SMILES string of the molecule is CC(Oc1ncc(CO)cc1Cl)c1ccccc1. The summed E-state index contributed by atoms with van der Waals surface area (Å²) in [4.78, 5) is 4.10. The van der Waals surface area contributed by atoms with Crippen molar-refractivity contribution in [1.82, 2.24) is 4.98 Å². The number of nitrogens with zero attached hydrogens (tertiary/aromatic N) is 1. The van der Waals surface area contributed by atoms with E-state index >= 15 is 0 Å². The zero-order chi connectivity index (χ0) is 13.0. The van der Waals surface area contributed by atoms with E-state index in [-0.39, 0.29) is 12.7 Å². The average molecular weight is 264 g/mol. The Hall–Kier alpha value is -1.58. The third-order valence-corrected chi connectivity index (χ3v) is 2.87. The van der Waals surface area contributed by atoms with Crippen molar-refractivity contribution < 1.29 is 9.84 Å². The van der Waals surface area contributed by atoms with Gasteiger partial charge in [0.15, 0.2) is 0 Å². The molecule has 0 aliphatic carbocycles. The quantitative estimate of drug-likeness (QED) is 0.920. The van der Waals surface area contributed by atoms with Gasteiger partial charge in [0, 0.05) is 6.20 Å². The number of ether oxygens (including phenoxy) is 1. The molecule has 3 nitrogen and oxygen atoms in total. The lowest BCUT2D eigenvalue weighted by Gasteiger charge is -2.15. The van der Waals surface area contributed by atoms with E-state index < -0.39 is 0 Å². The van der Waals surface area contributed by atoms with Crippen molar-refractivity contribution in [3.05, 3.63) is 58.7 Å². The summed E-state index contributed by atoms with van der Waals surface area (Å²) in [6, 6.07) is 11.5. The summed E-state index contributed by atoms with van der Waals surface area (Å²) in [7, 11) is 0. The monoisotopic (exact) mass is 263 g/mol. The predicted molar refractivity (Wildman–Crippen MR) is 70.7 cm³/mol.